The Hall–Kier alpha value is -0.0800. The van der Waals surface area contributed by atoms with Crippen LogP contribution in [0.15, 0.2) is 0 Å². The molecule has 1 aliphatic heterocycles. The molecule has 4 unspecified atom stereocenters. The monoisotopic (exact) mass is 391 g/mol. The molecule has 1 N–H and O–H groups in total. The summed E-state index contributed by atoms with van der Waals surface area (Å²) in [4.78, 5) is 0. The van der Waals surface area contributed by atoms with Gasteiger partial charge in [-0.3, -0.25) is 0 Å². The highest BCUT2D eigenvalue weighted by Gasteiger charge is 2.43. The molecule has 3 fully saturated rings. The molecule has 2 nitrogen and oxygen atoms in total. The zero-order valence-electron chi connectivity index (χ0n) is 19.2. The van der Waals surface area contributed by atoms with Gasteiger partial charge in [0.25, 0.3) is 0 Å². The van der Waals surface area contributed by atoms with Crippen LogP contribution in [0.25, 0.3) is 0 Å². The fourth-order valence-electron chi connectivity index (χ4n) is 6.43. The predicted molar refractivity (Wildman–Crippen MR) is 121 cm³/mol. The van der Waals surface area contributed by atoms with Crippen molar-refractivity contribution in [3.8, 4) is 0 Å². The zero-order valence-corrected chi connectivity index (χ0v) is 19.2. The number of nitrogens with one attached hydrogen (secondary N) is 1. The first-order valence-electron chi connectivity index (χ1n) is 13.1. The molecule has 0 aromatic rings. The van der Waals surface area contributed by atoms with Crippen molar-refractivity contribution in [2.75, 3.05) is 13.1 Å². The number of hydrogen-bond acceptors (Lipinski definition) is 2. The van der Waals surface area contributed by atoms with E-state index in [0.29, 0.717) is 12.2 Å². The second kappa shape index (κ2) is 11.9. The lowest BCUT2D eigenvalue weighted by molar-refractivity contribution is 0.224. The van der Waals surface area contributed by atoms with Gasteiger partial charge in [-0.25, -0.2) is 0 Å². The Balaban J connectivity index is 1.27. The van der Waals surface area contributed by atoms with Crippen LogP contribution in [-0.2, 0) is 4.74 Å². The average molecular weight is 392 g/mol. The van der Waals surface area contributed by atoms with Gasteiger partial charge in [-0.1, -0.05) is 52.4 Å². The van der Waals surface area contributed by atoms with Crippen LogP contribution >= 0.6 is 0 Å². The standard InChI is InChI=1S/C26H49NO/c1-3-5-6-9-16-26-17-14-22(20-23(21-26)15-18-26)12-13-25-24(28-25)11-8-7-10-19-27-4-2/h22-25,27H,3-21H2,1-2H3/t22?,23-,24?,25?,26?/m1/s1. The molecule has 0 radical (unpaired) electrons. The minimum atomic E-state index is 0.617. The fraction of sp³-hybridized carbons (Fsp3) is 1.00. The molecule has 0 amide bonds. The van der Waals surface area contributed by atoms with Crippen LogP contribution < -0.4 is 5.32 Å². The second-order valence-corrected chi connectivity index (χ2v) is 10.6. The number of fused-ring (bicyclic) bond motifs is 2. The first kappa shape index (κ1) is 22.6. The highest BCUT2D eigenvalue weighted by atomic mass is 16.6. The van der Waals surface area contributed by atoms with Crippen LogP contribution in [0.5, 0.6) is 0 Å². The van der Waals surface area contributed by atoms with E-state index in [1.54, 1.807) is 32.1 Å². The average Bonchev–Trinajstić information content (AvgIpc) is 3.37. The Labute approximate surface area is 176 Å². The molecule has 2 aliphatic carbocycles. The van der Waals surface area contributed by atoms with Gasteiger partial charge in [0.05, 0.1) is 12.2 Å². The topological polar surface area (TPSA) is 24.6 Å². The summed E-state index contributed by atoms with van der Waals surface area (Å²) in [5.41, 5.74) is 0.762. The van der Waals surface area contributed by atoms with Crippen LogP contribution in [0, 0.1) is 17.3 Å². The SMILES string of the molecule is CCCCCCC12CCC(CCC3OC3CCCCCNCC)C[C@@H](CC1)C2. The summed E-state index contributed by atoms with van der Waals surface area (Å²) >= 11 is 0. The molecule has 3 rings (SSSR count). The highest BCUT2D eigenvalue weighted by molar-refractivity contribution is 4.94. The van der Waals surface area contributed by atoms with Crippen LogP contribution in [-0.4, -0.2) is 25.3 Å². The molecule has 2 bridgehead atoms. The first-order valence-corrected chi connectivity index (χ1v) is 13.1. The summed E-state index contributed by atoms with van der Waals surface area (Å²) in [5.74, 6) is 2.07. The largest absolute Gasteiger partial charge is 0.370 e. The van der Waals surface area contributed by atoms with Gasteiger partial charge in [-0.05, 0) is 101 Å². The van der Waals surface area contributed by atoms with Crippen LogP contribution in [0.3, 0.4) is 0 Å². The molecular weight excluding hydrogens is 342 g/mol. The molecule has 0 aromatic heterocycles. The lowest BCUT2D eigenvalue weighted by atomic mass is 9.76. The Morgan fingerprint density at radius 2 is 1.68 bits per heavy atom. The van der Waals surface area contributed by atoms with E-state index in [1.807, 2.05) is 0 Å². The van der Waals surface area contributed by atoms with Crippen molar-refractivity contribution >= 4 is 0 Å². The van der Waals surface area contributed by atoms with Crippen molar-refractivity contribution in [2.45, 2.75) is 135 Å². The molecule has 0 spiro atoms. The maximum atomic E-state index is 6.01. The Bertz CT molecular complexity index is 425. The van der Waals surface area contributed by atoms with Crippen molar-refractivity contribution in [1.82, 2.24) is 5.32 Å². The summed E-state index contributed by atoms with van der Waals surface area (Å²) in [6.45, 7) is 6.82. The number of unbranched alkanes of at least 4 members (excludes halogenated alkanes) is 5. The maximum absolute atomic E-state index is 6.01. The lowest BCUT2D eigenvalue weighted by Gasteiger charge is -2.29. The van der Waals surface area contributed by atoms with Crippen LogP contribution in [0.1, 0.15) is 123 Å². The molecule has 0 aromatic carbocycles. The molecule has 3 aliphatic rings. The molecule has 2 saturated carbocycles. The van der Waals surface area contributed by atoms with Gasteiger partial charge in [0.15, 0.2) is 0 Å². The van der Waals surface area contributed by atoms with E-state index in [9.17, 15) is 0 Å². The number of rotatable bonds is 15. The quantitative estimate of drug-likeness (QED) is 0.235. The van der Waals surface area contributed by atoms with Crippen molar-refractivity contribution in [2.24, 2.45) is 17.3 Å². The van der Waals surface area contributed by atoms with Crippen molar-refractivity contribution < 1.29 is 4.74 Å². The molecule has 1 saturated heterocycles. The Kier molecular flexibility index (Phi) is 9.64. The summed E-state index contributed by atoms with van der Waals surface area (Å²) in [5, 5.41) is 3.42. The number of epoxide rings is 1. The Morgan fingerprint density at radius 3 is 2.54 bits per heavy atom. The van der Waals surface area contributed by atoms with E-state index >= 15 is 0 Å². The number of hydrogen-bond donors (Lipinski definition) is 1. The molecule has 2 heteroatoms. The predicted octanol–water partition coefficient (Wildman–Crippen LogP) is 7.26. The minimum Gasteiger partial charge on any atom is -0.370 e. The van der Waals surface area contributed by atoms with Gasteiger partial charge in [0, 0.05) is 0 Å². The van der Waals surface area contributed by atoms with Crippen molar-refractivity contribution in [3.63, 3.8) is 0 Å². The molecule has 1 heterocycles. The van der Waals surface area contributed by atoms with Gasteiger partial charge in [0.2, 0.25) is 0 Å². The third-order valence-corrected chi connectivity index (χ3v) is 8.25. The summed E-state index contributed by atoms with van der Waals surface area (Å²) in [7, 11) is 0. The Morgan fingerprint density at radius 1 is 0.857 bits per heavy atom. The van der Waals surface area contributed by atoms with E-state index in [2.05, 4.69) is 19.2 Å². The fourth-order valence-corrected chi connectivity index (χ4v) is 6.43. The normalized spacial score (nSPS) is 34.5. The molecule has 5 atom stereocenters. The van der Waals surface area contributed by atoms with E-state index in [4.69, 9.17) is 4.74 Å². The van der Waals surface area contributed by atoms with Gasteiger partial charge in [-0.2, -0.15) is 0 Å². The summed E-state index contributed by atoms with van der Waals surface area (Å²) in [6.07, 6.45) is 26.0. The summed E-state index contributed by atoms with van der Waals surface area (Å²) in [6, 6.07) is 0. The smallest absolute Gasteiger partial charge is 0.0842 e. The molecule has 28 heavy (non-hydrogen) atoms. The van der Waals surface area contributed by atoms with E-state index < -0.39 is 0 Å². The zero-order chi connectivity index (χ0) is 19.7. The first-order chi connectivity index (χ1) is 13.7. The molecular formula is C26H49NO. The third-order valence-electron chi connectivity index (χ3n) is 8.25. The van der Waals surface area contributed by atoms with E-state index in [1.165, 1.54) is 83.6 Å². The van der Waals surface area contributed by atoms with Gasteiger partial charge < -0.3 is 10.1 Å². The van der Waals surface area contributed by atoms with Crippen LogP contribution in [0.4, 0.5) is 0 Å². The molecule has 164 valence electrons. The highest BCUT2D eigenvalue weighted by Crippen LogP contribution is 2.54. The van der Waals surface area contributed by atoms with Crippen molar-refractivity contribution in [1.29, 1.82) is 0 Å². The summed E-state index contributed by atoms with van der Waals surface area (Å²) < 4.78 is 6.01. The van der Waals surface area contributed by atoms with Gasteiger partial charge in [-0.15, -0.1) is 0 Å². The third kappa shape index (κ3) is 7.31. The maximum Gasteiger partial charge on any atom is 0.0842 e. The van der Waals surface area contributed by atoms with Gasteiger partial charge in [0.1, 0.15) is 0 Å². The number of ether oxygens (including phenoxy) is 1. The van der Waals surface area contributed by atoms with Crippen LogP contribution in [0.2, 0.25) is 0 Å². The van der Waals surface area contributed by atoms with E-state index in [0.717, 1.165) is 23.8 Å². The van der Waals surface area contributed by atoms with Crippen molar-refractivity contribution in [3.05, 3.63) is 0 Å². The van der Waals surface area contributed by atoms with E-state index in [-0.39, 0.29) is 0 Å². The lowest BCUT2D eigenvalue weighted by Crippen LogP contribution is -2.17. The minimum absolute atomic E-state index is 0.617. The van der Waals surface area contributed by atoms with Gasteiger partial charge >= 0.3 is 0 Å². The second-order valence-electron chi connectivity index (χ2n) is 10.6.